The molecular formula is C22H34N2O8. The SMILES string of the molecule is COC1=CC(=O)C(OC)=C(CCNC(=O)[C@H](COC(C)(C)C)NC(=O)OC(C)(C)C)C1=O. The van der Waals surface area contributed by atoms with E-state index in [1.54, 1.807) is 20.8 Å². The van der Waals surface area contributed by atoms with E-state index in [0.29, 0.717) is 0 Å². The van der Waals surface area contributed by atoms with Crippen molar-refractivity contribution in [2.45, 2.75) is 65.2 Å². The van der Waals surface area contributed by atoms with Gasteiger partial charge in [0.25, 0.3) is 0 Å². The standard InChI is InChI=1S/C22H34N2O8/c1-21(2,3)31-12-14(24-20(28)32-22(4,5)6)19(27)23-10-9-13-17(26)16(29-7)11-15(25)18(13)30-8/h11,14H,9-10,12H2,1-8H3,(H,23,27)(H,24,28)/t14-/m0/s1. The lowest BCUT2D eigenvalue weighted by atomic mass is 9.97. The highest BCUT2D eigenvalue weighted by Gasteiger charge is 2.31. The summed E-state index contributed by atoms with van der Waals surface area (Å²) in [6.07, 6.45) is 0.329. The Labute approximate surface area is 188 Å². The summed E-state index contributed by atoms with van der Waals surface area (Å²) in [5, 5.41) is 5.15. The van der Waals surface area contributed by atoms with Gasteiger partial charge in [-0.1, -0.05) is 0 Å². The number of carbonyl (C=O) groups is 4. The second-order valence-corrected chi connectivity index (χ2v) is 9.08. The molecule has 0 saturated heterocycles. The van der Waals surface area contributed by atoms with Crippen LogP contribution in [0, 0.1) is 0 Å². The van der Waals surface area contributed by atoms with Gasteiger partial charge < -0.3 is 29.6 Å². The molecule has 0 aliphatic heterocycles. The van der Waals surface area contributed by atoms with E-state index in [2.05, 4.69) is 10.6 Å². The minimum atomic E-state index is -1.03. The third kappa shape index (κ3) is 8.70. The van der Waals surface area contributed by atoms with Gasteiger partial charge in [-0.05, 0) is 48.0 Å². The van der Waals surface area contributed by atoms with Gasteiger partial charge in [-0.15, -0.1) is 0 Å². The number of methoxy groups -OCH3 is 2. The first-order valence-electron chi connectivity index (χ1n) is 10.2. The summed E-state index contributed by atoms with van der Waals surface area (Å²) >= 11 is 0. The van der Waals surface area contributed by atoms with Gasteiger partial charge in [0.2, 0.25) is 17.5 Å². The quantitative estimate of drug-likeness (QED) is 0.505. The number of ketones is 2. The minimum Gasteiger partial charge on any atom is -0.493 e. The molecule has 2 amide bonds. The average Bonchev–Trinajstić information content (AvgIpc) is 2.65. The number of amides is 2. The van der Waals surface area contributed by atoms with E-state index < -0.39 is 40.8 Å². The summed E-state index contributed by atoms with van der Waals surface area (Å²) in [7, 11) is 2.58. The first kappa shape index (κ1) is 27.2. The Kier molecular flexibility index (Phi) is 9.44. The lowest BCUT2D eigenvalue weighted by Gasteiger charge is -2.26. The van der Waals surface area contributed by atoms with Crippen LogP contribution in [0.2, 0.25) is 0 Å². The summed E-state index contributed by atoms with van der Waals surface area (Å²) in [5.74, 6) is -1.70. The maximum absolute atomic E-state index is 12.7. The number of alkyl carbamates (subject to hydrolysis) is 1. The minimum absolute atomic E-state index is 0.0130. The highest BCUT2D eigenvalue weighted by Crippen LogP contribution is 2.22. The van der Waals surface area contributed by atoms with Crippen LogP contribution in [-0.2, 0) is 33.3 Å². The number of hydrogen-bond donors (Lipinski definition) is 2. The van der Waals surface area contributed by atoms with Crippen LogP contribution in [0.1, 0.15) is 48.0 Å². The molecule has 32 heavy (non-hydrogen) atoms. The Bertz CT molecular complexity index is 800. The average molecular weight is 455 g/mol. The molecule has 180 valence electrons. The zero-order valence-corrected chi connectivity index (χ0v) is 20.0. The molecule has 1 aliphatic carbocycles. The van der Waals surface area contributed by atoms with Crippen LogP contribution < -0.4 is 10.6 Å². The monoisotopic (exact) mass is 454 g/mol. The van der Waals surface area contributed by atoms with Gasteiger partial charge in [-0.25, -0.2) is 4.79 Å². The van der Waals surface area contributed by atoms with Crippen molar-refractivity contribution in [3.63, 3.8) is 0 Å². The van der Waals surface area contributed by atoms with Crippen LogP contribution in [0.15, 0.2) is 23.2 Å². The lowest BCUT2D eigenvalue weighted by molar-refractivity contribution is -0.126. The molecule has 10 nitrogen and oxygen atoms in total. The van der Waals surface area contributed by atoms with Gasteiger partial charge in [-0.2, -0.15) is 0 Å². The number of Topliss-reactive ketones (excluding diaryl/α,β-unsaturated/α-hetero) is 1. The second kappa shape index (κ2) is 11.1. The number of nitrogens with one attached hydrogen (secondary N) is 2. The van der Waals surface area contributed by atoms with Crippen molar-refractivity contribution in [2.24, 2.45) is 0 Å². The molecule has 1 aliphatic rings. The van der Waals surface area contributed by atoms with Gasteiger partial charge in [-0.3, -0.25) is 14.4 Å². The number of ether oxygens (including phenoxy) is 4. The maximum atomic E-state index is 12.7. The Morgan fingerprint density at radius 1 is 1.00 bits per heavy atom. The van der Waals surface area contributed by atoms with E-state index in [0.717, 1.165) is 6.08 Å². The highest BCUT2D eigenvalue weighted by atomic mass is 16.6. The highest BCUT2D eigenvalue weighted by molar-refractivity contribution is 6.21. The first-order chi connectivity index (χ1) is 14.7. The molecule has 1 rings (SSSR count). The maximum Gasteiger partial charge on any atom is 0.408 e. The number of rotatable bonds is 9. The molecule has 0 radical (unpaired) electrons. The lowest BCUT2D eigenvalue weighted by Crippen LogP contribution is -2.51. The third-order valence-corrected chi connectivity index (χ3v) is 4.05. The molecule has 0 aromatic heterocycles. The van der Waals surface area contributed by atoms with E-state index in [1.165, 1.54) is 14.2 Å². The number of allylic oxidation sites excluding steroid dienone is 2. The van der Waals surface area contributed by atoms with Crippen molar-refractivity contribution < 1.29 is 38.1 Å². The van der Waals surface area contributed by atoms with E-state index in [4.69, 9.17) is 18.9 Å². The molecule has 10 heteroatoms. The number of carbonyl (C=O) groups excluding carboxylic acids is 4. The van der Waals surface area contributed by atoms with E-state index >= 15 is 0 Å². The molecular weight excluding hydrogens is 420 g/mol. The summed E-state index contributed by atoms with van der Waals surface area (Å²) in [6, 6.07) is -1.03. The second-order valence-electron chi connectivity index (χ2n) is 9.08. The molecule has 2 N–H and O–H groups in total. The van der Waals surface area contributed by atoms with Crippen molar-refractivity contribution in [3.05, 3.63) is 23.2 Å². The fourth-order valence-corrected chi connectivity index (χ4v) is 2.65. The van der Waals surface area contributed by atoms with Gasteiger partial charge in [0.1, 0.15) is 11.6 Å². The zero-order chi connectivity index (χ0) is 24.7. The molecule has 0 fully saturated rings. The van der Waals surface area contributed by atoms with Gasteiger partial charge in [0, 0.05) is 12.6 Å². The summed E-state index contributed by atoms with van der Waals surface area (Å²) < 4.78 is 20.9. The summed E-state index contributed by atoms with van der Waals surface area (Å²) in [4.78, 5) is 49.5. The van der Waals surface area contributed by atoms with Crippen LogP contribution in [-0.4, -0.2) is 68.2 Å². The van der Waals surface area contributed by atoms with Crippen molar-refractivity contribution in [1.29, 1.82) is 0 Å². The Hall–Kier alpha value is -2.88. The Balaban J connectivity index is 2.85. The molecule has 0 saturated carbocycles. The molecule has 0 aromatic rings. The molecule has 0 heterocycles. The van der Waals surface area contributed by atoms with Gasteiger partial charge in [0.05, 0.1) is 32.0 Å². The van der Waals surface area contributed by atoms with Crippen LogP contribution in [0.3, 0.4) is 0 Å². The predicted octanol–water partition coefficient (Wildman–Crippen LogP) is 1.78. The number of hydrogen-bond acceptors (Lipinski definition) is 8. The normalized spacial score (nSPS) is 15.7. The van der Waals surface area contributed by atoms with Gasteiger partial charge >= 0.3 is 6.09 Å². The van der Waals surface area contributed by atoms with E-state index in [9.17, 15) is 19.2 Å². The Morgan fingerprint density at radius 2 is 1.62 bits per heavy atom. The van der Waals surface area contributed by atoms with Crippen LogP contribution in [0.5, 0.6) is 0 Å². The van der Waals surface area contributed by atoms with Crippen LogP contribution >= 0.6 is 0 Å². The predicted molar refractivity (Wildman–Crippen MR) is 116 cm³/mol. The largest absolute Gasteiger partial charge is 0.493 e. The molecule has 0 unspecified atom stereocenters. The third-order valence-electron chi connectivity index (χ3n) is 4.05. The smallest absolute Gasteiger partial charge is 0.408 e. The van der Waals surface area contributed by atoms with Crippen molar-refractivity contribution >= 4 is 23.6 Å². The molecule has 0 aromatic carbocycles. The Morgan fingerprint density at radius 3 is 2.12 bits per heavy atom. The summed E-state index contributed by atoms with van der Waals surface area (Å²) in [6.45, 7) is 10.5. The topological polar surface area (TPSA) is 129 Å². The fraction of sp³-hybridized carbons (Fsp3) is 0.636. The molecule has 1 atom stereocenters. The van der Waals surface area contributed by atoms with Crippen LogP contribution in [0.4, 0.5) is 4.79 Å². The van der Waals surface area contributed by atoms with Crippen molar-refractivity contribution in [1.82, 2.24) is 10.6 Å². The van der Waals surface area contributed by atoms with Crippen molar-refractivity contribution in [2.75, 3.05) is 27.4 Å². The fourth-order valence-electron chi connectivity index (χ4n) is 2.65. The van der Waals surface area contributed by atoms with Crippen molar-refractivity contribution in [3.8, 4) is 0 Å². The molecule has 0 spiro atoms. The molecule has 0 bridgehead atoms. The summed E-state index contributed by atoms with van der Waals surface area (Å²) in [5.41, 5.74) is -1.18. The van der Waals surface area contributed by atoms with Gasteiger partial charge in [0.15, 0.2) is 11.5 Å². The van der Waals surface area contributed by atoms with E-state index in [-0.39, 0.29) is 36.7 Å². The zero-order valence-electron chi connectivity index (χ0n) is 20.0. The van der Waals surface area contributed by atoms with Crippen LogP contribution in [0.25, 0.3) is 0 Å². The van der Waals surface area contributed by atoms with E-state index in [1.807, 2.05) is 20.8 Å². The first-order valence-corrected chi connectivity index (χ1v) is 10.2.